The van der Waals surface area contributed by atoms with E-state index in [1.807, 2.05) is 36.4 Å². The average molecular weight is 338 g/mol. The largest absolute Gasteiger partial charge is 0.356 e. The highest BCUT2D eigenvalue weighted by atomic mass is 16.1. The van der Waals surface area contributed by atoms with E-state index >= 15 is 0 Å². The van der Waals surface area contributed by atoms with E-state index in [2.05, 4.69) is 40.0 Å². The molecule has 5 nitrogen and oxygen atoms in total. The lowest BCUT2D eigenvalue weighted by Crippen LogP contribution is -2.38. The van der Waals surface area contributed by atoms with Crippen LogP contribution >= 0.6 is 0 Å². The Labute approximate surface area is 149 Å². The van der Waals surface area contributed by atoms with Crippen LogP contribution in [0, 0.1) is 6.92 Å². The van der Waals surface area contributed by atoms with Crippen molar-refractivity contribution in [3.05, 3.63) is 65.2 Å². The monoisotopic (exact) mass is 338 g/mol. The maximum Gasteiger partial charge on any atom is 0.221 e. The van der Waals surface area contributed by atoms with Crippen LogP contribution in [0.15, 0.2) is 53.5 Å². The first kappa shape index (κ1) is 18.5. The van der Waals surface area contributed by atoms with E-state index < -0.39 is 0 Å². The second kappa shape index (κ2) is 9.47. The molecule has 2 aromatic carbocycles. The molecule has 0 aliphatic carbocycles. The molecular weight excluding hydrogens is 312 g/mol. The van der Waals surface area contributed by atoms with Gasteiger partial charge in [0.25, 0.3) is 0 Å². The van der Waals surface area contributed by atoms with Gasteiger partial charge >= 0.3 is 0 Å². The molecular formula is C20H26N4O. The molecule has 0 heterocycles. The molecule has 0 spiro atoms. The zero-order valence-electron chi connectivity index (χ0n) is 15.1. The van der Waals surface area contributed by atoms with Crippen molar-refractivity contribution in [1.82, 2.24) is 10.6 Å². The van der Waals surface area contributed by atoms with Gasteiger partial charge in [-0.15, -0.1) is 0 Å². The van der Waals surface area contributed by atoms with Crippen LogP contribution in [0.2, 0.25) is 0 Å². The molecule has 0 aliphatic heterocycles. The highest BCUT2D eigenvalue weighted by molar-refractivity contribution is 5.88. The number of nitrogens with zero attached hydrogens (tertiary/aromatic N) is 1. The van der Waals surface area contributed by atoms with Crippen molar-refractivity contribution in [3.8, 4) is 0 Å². The van der Waals surface area contributed by atoms with E-state index in [1.54, 1.807) is 7.05 Å². The standard InChI is InChI=1S/C20H26N4O/c1-15-6-4-5-7-18(15)14-23-20(21-3)22-13-12-17-8-10-19(11-9-17)24-16(2)25/h4-11H,12-14H2,1-3H3,(H,24,25)(H2,21,22,23). The van der Waals surface area contributed by atoms with Crippen LogP contribution in [-0.2, 0) is 17.8 Å². The summed E-state index contributed by atoms with van der Waals surface area (Å²) in [5, 5.41) is 9.43. The molecule has 0 bridgehead atoms. The minimum absolute atomic E-state index is 0.0575. The van der Waals surface area contributed by atoms with Gasteiger partial charge in [0.15, 0.2) is 5.96 Å². The topological polar surface area (TPSA) is 65.5 Å². The molecule has 132 valence electrons. The Morgan fingerprint density at radius 1 is 1.04 bits per heavy atom. The van der Waals surface area contributed by atoms with Crippen LogP contribution in [0.1, 0.15) is 23.6 Å². The highest BCUT2D eigenvalue weighted by Crippen LogP contribution is 2.09. The lowest BCUT2D eigenvalue weighted by Gasteiger charge is -2.13. The quantitative estimate of drug-likeness (QED) is 0.560. The highest BCUT2D eigenvalue weighted by Gasteiger charge is 2.01. The Morgan fingerprint density at radius 3 is 2.40 bits per heavy atom. The molecule has 25 heavy (non-hydrogen) atoms. The summed E-state index contributed by atoms with van der Waals surface area (Å²) in [6.45, 7) is 5.15. The summed E-state index contributed by atoms with van der Waals surface area (Å²) < 4.78 is 0. The van der Waals surface area contributed by atoms with E-state index in [1.165, 1.54) is 23.6 Å². The lowest BCUT2D eigenvalue weighted by atomic mass is 10.1. The van der Waals surface area contributed by atoms with Crippen molar-refractivity contribution in [2.24, 2.45) is 4.99 Å². The number of rotatable bonds is 6. The van der Waals surface area contributed by atoms with Gasteiger partial charge in [-0.05, 0) is 42.2 Å². The number of carbonyl (C=O) groups is 1. The summed E-state index contributed by atoms with van der Waals surface area (Å²) in [7, 11) is 1.77. The number of amides is 1. The Hall–Kier alpha value is -2.82. The van der Waals surface area contributed by atoms with Gasteiger partial charge in [-0.2, -0.15) is 0 Å². The van der Waals surface area contributed by atoms with Crippen LogP contribution in [0.4, 0.5) is 5.69 Å². The van der Waals surface area contributed by atoms with Crippen molar-refractivity contribution in [3.63, 3.8) is 0 Å². The van der Waals surface area contributed by atoms with Crippen LogP contribution in [0.25, 0.3) is 0 Å². The summed E-state index contributed by atoms with van der Waals surface area (Å²) in [4.78, 5) is 15.3. The van der Waals surface area contributed by atoms with Gasteiger partial charge in [-0.3, -0.25) is 9.79 Å². The Morgan fingerprint density at radius 2 is 1.76 bits per heavy atom. The first-order valence-electron chi connectivity index (χ1n) is 8.44. The second-order valence-electron chi connectivity index (χ2n) is 5.91. The molecule has 0 aromatic heterocycles. The van der Waals surface area contributed by atoms with E-state index in [0.717, 1.165) is 31.2 Å². The number of hydrogen-bond donors (Lipinski definition) is 3. The lowest BCUT2D eigenvalue weighted by molar-refractivity contribution is -0.114. The summed E-state index contributed by atoms with van der Waals surface area (Å²) in [6.07, 6.45) is 0.880. The Bertz CT molecular complexity index is 723. The third-order valence-electron chi connectivity index (χ3n) is 3.91. The van der Waals surface area contributed by atoms with Gasteiger partial charge in [0, 0.05) is 32.7 Å². The molecule has 0 fully saturated rings. The van der Waals surface area contributed by atoms with Crippen molar-refractivity contribution in [1.29, 1.82) is 0 Å². The summed E-state index contributed by atoms with van der Waals surface area (Å²) >= 11 is 0. The SMILES string of the molecule is CN=C(NCCc1ccc(NC(C)=O)cc1)NCc1ccccc1C. The maximum atomic E-state index is 11.0. The first-order chi connectivity index (χ1) is 12.1. The number of nitrogens with one attached hydrogen (secondary N) is 3. The summed E-state index contributed by atoms with van der Waals surface area (Å²) in [5.74, 6) is 0.732. The average Bonchev–Trinajstić information content (AvgIpc) is 2.60. The third-order valence-corrected chi connectivity index (χ3v) is 3.91. The molecule has 0 unspecified atom stereocenters. The van der Waals surface area contributed by atoms with Gasteiger partial charge in [0.1, 0.15) is 0 Å². The van der Waals surface area contributed by atoms with Crippen LogP contribution in [-0.4, -0.2) is 25.5 Å². The second-order valence-corrected chi connectivity index (χ2v) is 5.91. The van der Waals surface area contributed by atoms with Gasteiger partial charge in [-0.25, -0.2) is 0 Å². The Kier molecular flexibility index (Phi) is 7.01. The normalized spacial score (nSPS) is 11.1. The van der Waals surface area contributed by atoms with E-state index in [4.69, 9.17) is 0 Å². The smallest absolute Gasteiger partial charge is 0.221 e. The van der Waals surface area contributed by atoms with Gasteiger partial charge in [0.2, 0.25) is 5.91 Å². The van der Waals surface area contributed by atoms with Crippen molar-refractivity contribution < 1.29 is 4.79 Å². The minimum atomic E-state index is -0.0575. The molecule has 5 heteroatoms. The fourth-order valence-electron chi connectivity index (χ4n) is 2.49. The maximum absolute atomic E-state index is 11.0. The van der Waals surface area contributed by atoms with Crippen LogP contribution in [0.3, 0.4) is 0 Å². The fraction of sp³-hybridized carbons (Fsp3) is 0.300. The fourth-order valence-corrected chi connectivity index (χ4v) is 2.49. The molecule has 0 saturated carbocycles. The molecule has 2 rings (SSSR count). The first-order valence-corrected chi connectivity index (χ1v) is 8.44. The molecule has 2 aromatic rings. The molecule has 0 aliphatic rings. The number of hydrogen-bond acceptors (Lipinski definition) is 2. The number of benzene rings is 2. The van der Waals surface area contributed by atoms with Crippen molar-refractivity contribution >= 4 is 17.6 Å². The van der Waals surface area contributed by atoms with Gasteiger partial charge in [-0.1, -0.05) is 36.4 Å². The van der Waals surface area contributed by atoms with E-state index in [-0.39, 0.29) is 5.91 Å². The van der Waals surface area contributed by atoms with E-state index in [9.17, 15) is 4.79 Å². The predicted octanol–water partition coefficient (Wildman–Crippen LogP) is 2.86. The van der Waals surface area contributed by atoms with Crippen LogP contribution in [0.5, 0.6) is 0 Å². The molecule has 3 N–H and O–H groups in total. The number of anilines is 1. The van der Waals surface area contributed by atoms with Gasteiger partial charge < -0.3 is 16.0 Å². The number of carbonyl (C=O) groups excluding carboxylic acids is 1. The molecule has 0 saturated heterocycles. The van der Waals surface area contributed by atoms with E-state index in [0.29, 0.717) is 0 Å². The zero-order chi connectivity index (χ0) is 18.1. The summed E-state index contributed by atoms with van der Waals surface area (Å²) in [6, 6.07) is 16.2. The van der Waals surface area contributed by atoms with Crippen molar-refractivity contribution in [2.75, 3.05) is 18.9 Å². The Balaban J connectivity index is 1.77. The number of guanidine groups is 1. The number of aliphatic imine (C=N–C) groups is 1. The van der Waals surface area contributed by atoms with Gasteiger partial charge in [0.05, 0.1) is 0 Å². The predicted molar refractivity (Wildman–Crippen MR) is 104 cm³/mol. The molecule has 0 radical (unpaired) electrons. The van der Waals surface area contributed by atoms with Crippen LogP contribution < -0.4 is 16.0 Å². The molecule has 1 amide bonds. The third kappa shape index (κ3) is 6.30. The summed E-state index contributed by atoms with van der Waals surface area (Å²) in [5.41, 5.74) is 4.56. The minimum Gasteiger partial charge on any atom is -0.356 e. The number of aryl methyl sites for hydroxylation is 1. The molecule has 0 atom stereocenters. The van der Waals surface area contributed by atoms with Crippen molar-refractivity contribution in [2.45, 2.75) is 26.8 Å². The zero-order valence-corrected chi connectivity index (χ0v) is 15.1.